The van der Waals surface area contributed by atoms with Crippen LogP contribution in [0.5, 0.6) is 0 Å². The van der Waals surface area contributed by atoms with Gasteiger partial charge in [0.15, 0.2) is 5.96 Å². The van der Waals surface area contributed by atoms with E-state index in [0.29, 0.717) is 12.0 Å². The average Bonchev–Trinajstić information content (AvgIpc) is 2.97. The lowest BCUT2D eigenvalue weighted by atomic mass is 9.83. The molecule has 0 amide bonds. The maximum absolute atomic E-state index is 5.44. The van der Waals surface area contributed by atoms with Crippen LogP contribution in [0.15, 0.2) is 4.99 Å². The molecule has 2 N–H and O–H groups in total. The highest BCUT2D eigenvalue weighted by Gasteiger charge is 2.33. The van der Waals surface area contributed by atoms with Crippen LogP contribution in [0.1, 0.15) is 52.9 Å². The zero-order valence-electron chi connectivity index (χ0n) is 15.5. The van der Waals surface area contributed by atoms with Gasteiger partial charge in [0.25, 0.3) is 0 Å². The highest BCUT2D eigenvalue weighted by atomic mass is 127. The molecule has 0 saturated heterocycles. The molecule has 6 heteroatoms. The molecule has 1 fully saturated rings. The first kappa shape index (κ1) is 22.9. The van der Waals surface area contributed by atoms with Gasteiger partial charge in [-0.2, -0.15) is 0 Å². The quantitative estimate of drug-likeness (QED) is 0.328. The summed E-state index contributed by atoms with van der Waals surface area (Å²) in [7, 11) is 3.52. The minimum absolute atomic E-state index is 0. The maximum Gasteiger partial charge on any atom is 0.191 e. The molecule has 138 valence electrons. The van der Waals surface area contributed by atoms with Crippen molar-refractivity contribution in [1.29, 1.82) is 0 Å². The topological polar surface area (TPSA) is 54.9 Å². The van der Waals surface area contributed by atoms with Crippen molar-refractivity contribution in [3.63, 3.8) is 0 Å². The van der Waals surface area contributed by atoms with E-state index in [9.17, 15) is 0 Å². The largest absolute Gasteiger partial charge is 0.385 e. The third-order valence-corrected chi connectivity index (χ3v) is 4.65. The second-order valence-corrected chi connectivity index (χ2v) is 6.96. The van der Waals surface area contributed by atoms with Crippen LogP contribution >= 0.6 is 24.0 Å². The van der Waals surface area contributed by atoms with Crippen LogP contribution in [0.4, 0.5) is 0 Å². The number of hydrogen-bond donors (Lipinski definition) is 2. The van der Waals surface area contributed by atoms with E-state index in [2.05, 4.69) is 36.4 Å². The summed E-state index contributed by atoms with van der Waals surface area (Å²) in [5.74, 6) is 0.885. The van der Waals surface area contributed by atoms with Crippen LogP contribution in [-0.2, 0) is 9.47 Å². The molecule has 5 nitrogen and oxygen atoms in total. The predicted octanol–water partition coefficient (Wildman–Crippen LogP) is 3.18. The Morgan fingerprint density at radius 3 is 2.35 bits per heavy atom. The van der Waals surface area contributed by atoms with Crippen molar-refractivity contribution in [2.24, 2.45) is 10.4 Å². The van der Waals surface area contributed by atoms with E-state index in [0.717, 1.165) is 32.1 Å². The van der Waals surface area contributed by atoms with Gasteiger partial charge in [-0.25, -0.2) is 0 Å². The summed E-state index contributed by atoms with van der Waals surface area (Å²) in [5.41, 5.74) is 0.131. The first-order valence-electron chi connectivity index (χ1n) is 8.53. The molecular formula is C17H36IN3O2. The number of ether oxygens (including phenoxy) is 2. The first-order chi connectivity index (χ1) is 10.5. The molecule has 1 saturated carbocycles. The Hall–Kier alpha value is -0.0800. The molecule has 0 aromatic rings. The van der Waals surface area contributed by atoms with Gasteiger partial charge < -0.3 is 20.1 Å². The molecule has 0 unspecified atom stereocenters. The van der Waals surface area contributed by atoms with Gasteiger partial charge >= 0.3 is 0 Å². The van der Waals surface area contributed by atoms with Crippen LogP contribution in [-0.4, -0.2) is 52.0 Å². The van der Waals surface area contributed by atoms with E-state index in [4.69, 9.17) is 9.47 Å². The van der Waals surface area contributed by atoms with Gasteiger partial charge in [0.2, 0.25) is 0 Å². The molecule has 0 bridgehead atoms. The lowest BCUT2D eigenvalue weighted by molar-refractivity contribution is 0.0310. The molecule has 1 rings (SSSR count). The number of aliphatic imine (C=N–C) groups is 1. The molecule has 0 aromatic carbocycles. The van der Waals surface area contributed by atoms with Crippen molar-refractivity contribution in [2.45, 2.75) is 58.5 Å². The minimum atomic E-state index is -0.233. The number of nitrogens with zero attached hydrogens (tertiary/aromatic N) is 1. The van der Waals surface area contributed by atoms with Crippen molar-refractivity contribution in [3.05, 3.63) is 0 Å². The Bertz CT molecular complexity index is 343. The zero-order valence-corrected chi connectivity index (χ0v) is 17.9. The Morgan fingerprint density at radius 2 is 1.83 bits per heavy atom. The lowest BCUT2D eigenvalue weighted by Gasteiger charge is -2.30. The Morgan fingerprint density at radius 1 is 1.17 bits per heavy atom. The fourth-order valence-corrected chi connectivity index (χ4v) is 2.91. The maximum atomic E-state index is 5.44. The summed E-state index contributed by atoms with van der Waals surface area (Å²) in [4.78, 5) is 4.67. The second-order valence-electron chi connectivity index (χ2n) is 6.96. The summed E-state index contributed by atoms with van der Waals surface area (Å²) in [6, 6.07) is 0. The summed E-state index contributed by atoms with van der Waals surface area (Å²) in [6.07, 6.45) is 6.35. The number of rotatable bonds is 9. The fourth-order valence-electron chi connectivity index (χ4n) is 2.91. The molecule has 0 aromatic heterocycles. The summed E-state index contributed by atoms with van der Waals surface area (Å²) < 4.78 is 10.7. The molecule has 1 aliphatic carbocycles. The molecule has 0 heterocycles. The van der Waals surface area contributed by atoms with Gasteiger partial charge in [0.05, 0.1) is 12.1 Å². The van der Waals surface area contributed by atoms with Gasteiger partial charge in [-0.1, -0.05) is 12.8 Å². The van der Waals surface area contributed by atoms with Crippen molar-refractivity contribution in [3.8, 4) is 0 Å². The standard InChI is InChI=1S/C17H35N3O2.HI/c1-6-18-15(19-13-16(2,3)22-5)20-14-17(11-12-21-4)9-7-8-10-17;/h6-14H2,1-5H3,(H2,18,19,20);1H. The smallest absolute Gasteiger partial charge is 0.191 e. The number of methoxy groups -OCH3 is 2. The van der Waals surface area contributed by atoms with Crippen LogP contribution in [0.2, 0.25) is 0 Å². The van der Waals surface area contributed by atoms with Crippen molar-refractivity contribution < 1.29 is 9.47 Å². The first-order valence-corrected chi connectivity index (χ1v) is 8.53. The monoisotopic (exact) mass is 441 g/mol. The fraction of sp³-hybridized carbons (Fsp3) is 0.941. The zero-order chi connectivity index (χ0) is 16.5. The van der Waals surface area contributed by atoms with Crippen molar-refractivity contribution >= 4 is 29.9 Å². The van der Waals surface area contributed by atoms with Crippen LogP contribution < -0.4 is 10.6 Å². The van der Waals surface area contributed by atoms with E-state index < -0.39 is 0 Å². The molecule has 0 atom stereocenters. The van der Waals surface area contributed by atoms with Crippen LogP contribution in [0, 0.1) is 5.41 Å². The Labute approximate surface area is 159 Å². The average molecular weight is 441 g/mol. The van der Waals surface area contributed by atoms with Gasteiger partial charge in [0.1, 0.15) is 0 Å². The van der Waals surface area contributed by atoms with E-state index in [1.165, 1.54) is 25.7 Å². The third kappa shape index (κ3) is 8.54. The minimum Gasteiger partial charge on any atom is -0.385 e. The summed E-state index contributed by atoms with van der Waals surface area (Å²) in [6.45, 7) is 9.51. The van der Waals surface area contributed by atoms with E-state index in [1.807, 2.05) is 0 Å². The van der Waals surface area contributed by atoms with Crippen LogP contribution in [0.25, 0.3) is 0 Å². The molecule has 0 radical (unpaired) electrons. The van der Waals surface area contributed by atoms with Gasteiger partial charge in [-0.05, 0) is 45.4 Å². The highest BCUT2D eigenvalue weighted by Crippen LogP contribution is 2.40. The molecule has 0 aliphatic heterocycles. The second kappa shape index (κ2) is 11.5. The highest BCUT2D eigenvalue weighted by molar-refractivity contribution is 14.0. The molecule has 0 spiro atoms. The Kier molecular flexibility index (Phi) is 11.4. The van der Waals surface area contributed by atoms with Gasteiger partial charge in [0, 0.05) is 33.9 Å². The summed E-state index contributed by atoms with van der Waals surface area (Å²) in [5, 5.41) is 6.87. The van der Waals surface area contributed by atoms with Gasteiger partial charge in [-0.15, -0.1) is 24.0 Å². The molecule has 1 aliphatic rings. The number of hydrogen-bond acceptors (Lipinski definition) is 3. The Balaban J connectivity index is 0.00000484. The SMILES string of the molecule is CCNC(=NCC(C)(C)OC)NCC1(CCOC)CCCC1.I. The van der Waals surface area contributed by atoms with Crippen molar-refractivity contribution in [1.82, 2.24) is 10.6 Å². The normalized spacial score (nSPS) is 17.7. The van der Waals surface area contributed by atoms with E-state index >= 15 is 0 Å². The van der Waals surface area contributed by atoms with E-state index in [1.54, 1.807) is 14.2 Å². The van der Waals surface area contributed by atoms with Gasteiger partial charge in [-0.3, -0.25) is 4.99 Å². The molecular weight excluding hydrogens is 405 g/mol. The number of nitrogens with one attached hydrogen (secondary N) is 2. The molecule has 23 heavy (non-hydrogen) atoms. The van der Waals surface area contributed by atoms with Crippen LogP contribution in [0.3, 0.4) is 0 Å². The number of halogens is 1. The third-order valence-electron chi connectivity index (χ3n) is 4.65. The van der Waals surface area contributed by atoms with E-state index in [-0.39, 0.29) is 29.6 Å². The predicted molar refractivity (Wildman–Crippen MR) is 108 cm³/mol. The number of guanidine groups is 1. The summed E-state index contributed by atoms with van der Waals surface area (Å²) >= 11 is 0. The van der Waals surface area contributed by atoms with Crippen molar-refractivity contribution in [2.75, 3.05) is 40.5 Å². The lowest BCUT2D eigenvalue weighted by Crippen LogP contribution is -2.44.